The van der Waals surface area contributed by atoms with E-state index in [1.54, 1.807) is 0 Å². The molecule has 1 atom stereocenters. The summed E-state index contributed by atoms with van der Waals surface area (Å²) in [7, 11) is 0. The van der Waals surface area contributed by atoms with E-state index in [9.17, 15) is 14.4 Å². The van der Waals surface area contributed by atoms with Crippen molar-refractivity contribution >= 4 is 17.9 Å². The Morgan fingerprint density at radius 2 is 0.444 bits per heavy atom. The van der Waals surface area contributed by atoms with E-state index < -0.39 is 6.10 Å². The second-order valence-corrected chi connectivity index (χ2v) is 24.9. The maximum atomic E-state index is 12.9. The number of hydrogen-bond acceptors (Lipinski definition) is 6. The van der Waals surface area contributed by atoms with Crippen molar-refractivity contribution in [3.8, 4) is 0 Å². The highest BCUT2D eigenvalue weighted by Crippen LogP contribution is 2.19. The molecule has 0 saturated carbocycles. The van der Waals surface area contributed by atoms with Gasteiger partial charge in [-0.1, -0.05) is 346 Å². The van der Waals surface area contributed by atoms with E-state index in [1.165, 1.54) is 302 Å². The molecule has 6 nitrogen and oxygen atoms in total. The summed E-state index contributed by atoms with van der Waals surface area (Å²) in [4.78, 5) is 38.3. The van der Waals surface area contributed by atoms with Gasteiger partial charge >= 0.3 is 17.9 Å². The largest absolute Gasteiger partial charge is 0.462 e. The Labute approximate surface area is 506 Å². The average molecular weight is 1140 g/mol. The SMILES string of the molecule is CCCCCCC/C=C\C/C=C\CCCCCCCCCCCCCCCCCCCCCCCCCC(=O)OCC(COC(=O)CCCCCCCCCCCC)OC(=O)CCCCCCCCC/C=C\CCCCCCCCC. The first kappa shape index (κ1) is 78.6. The molecule has 81 heavy (non-hydrogen) atoms. The Morgan fingerprint density at radius 1 is 0.247 bits per heavy atom. The topological polar surface area (TPSA) is 78.9 Å². The van der Waals surface area contributed by atoms with E-state index in [1.807, 2.05) is 0 Å². The molecule has 0 saturated heterocycles. The summed E-state index contributed by atoms with van der Waals surface area (Å²) in [5.41, 5.74) is 0. The van der Waals surface area contributed by atoms with E-state index in [0.717, 1.165) is 64.2 Å². The minimum absolute atomic E-state index is 0.0675. The molecule has 6 heteroatoms. The van der Waals surface area contributed by atoms with Gasteiger partial charge in [0.25, 0.3) is 0 Å². The van der Waals surface area contributed by atoms with E-state index in [2.05, 4.69) is 57.2 Å². The number of unbranched alkanes of at least 4 members (excludes halogenated alkanes) is 51. The fourth-order valence-electron chi connectivity index (χ4n) is 11.1. The van der Waals surface area contributed by atoms with Crippen LogP contribution >= 0.6 is 0 Å². The fraction of sp³-hybridized carbons (Fsp3) is 0.880. The van der Waals surface area contributed by atoms with Crippen LogP contribution in [-0.2, 0) is 28.6 Å². The van der Waals surface area contributed by atoms with Gasteiger partial charge in [-0.2, -0.15) is 0 Å². The molecule has 0 fully saturated rings. The lowest BCUT2D eigenvalue weighted by atomic mass is 10.0. The van der Waals surface area contributed by atoms with Gasteiger partial charge < -0.3 is 14.2 Å². The van der Waals surface area contributed by atoms with Crippen molar-refractivity contribution < 1.29 is 28.6 Å². The third-order valence-electron chi connectivity index (χ3n) is 16.6. The standard InChI is InChI=1S/C75H140O6/c1-4-7-10-13-16-19-22-24-26-28-30-31-32-33-34-35-36-37-38-39-40-41-42-43-44-45-46-48-49-51-53-56-59-62-65-68-74(77)80-71-72(70-79-73(76)67-64-61-58-55-21-18-15-12-9-6-3)81-75(78)69-66-63-60-57-54-52-50-47-29-27-25-23-20-17-14-11-8-5-2/h22,24,27-30,72H,4-21,23,25-26,31-71H2,1-3H3/b24-22-,29-27-,30-28-. The van der Waals surface area contributed by atoms with Gasteiger partial charge in [0.05, 0.1) is 0 Å². The Balaban J connectivity index is 4.02. The van der Waals surface area contributed by atoms with Gasteiger partial charge in [0, 0.05) is 19.3 Å². The van der Waals surface area contributed by atoms with Gasteiger partial charge in [-0.15, -0.1) is 0 Å². The predicted molar refractivity (Wildman–Crippen MR) is 353 cm³/mol. The Kier molecular flexibility index (Phi) is 68.1. The zero-order valence-electron chi connectivity index (χ0n) is 54.8. The normalized spacial score (nSPS) is 12.2. The smallest absolute Gasteiger partial charge is 0.306 e. The summed E-state index contributed by atoms with van der Waals surface area (Å²) >= 11 is 0. The van der Waals surface area contributed by atoms with E-state index in [4.69, 9.17) is 14.2 Å². The van der Waals surface area contributed by atoms with Gasteiger partial charge in [-0.3, -0.25) is 14.4 Å². The van der Waals surface area contributed by atoms with Crippen molar-refractivity contribution in [2.24, 2.45) is 0 Å². The number of rotatable bonds is 68. The number of esters is 3. The van der Waals surface area contributed by atoms with Crippen LogP contribution in [0.25, 0.3) is 0 Å². The minimum Gasteiger partial charge on any atom is -0.462 e. The quantitative estimate of drug-likeness (QED) is 0.0261. The van der Waals surface area contributed by atoms with E-state index in [0.29, 0.717) is 19.3 Å². The molecule has 1 unspecified atom stereocenters. The van der Waals surface area contributed by atoms with Crippen LogP contribution in [0.2, 0.25) is 0 Å². The summed E-state index contributed by atoms with van der Waals surface area (Å²) in [6, 6.07) is 0. The van der Waals surface area contributed by atoms with Gasteiger partial charge in [0.1, 0.15) is 13.2 Å². The summed E-state index contributed by atoms with van der Waals surface area (Å²) < 4.78 is 16.9. The van der Waals surface area contributed by atoms with Gasteiger partial charge in [-0.05, 0) is 77.0 Å². The number of hydrogen-bond donors (Lipinski definition) is 0. The molecule has 0 bridgehead atoms. The predicted octanol–water partition coefficient (Wildman–Crippen LogP) is 25.1. The van der Waals surface area contributed by atoms with Crippen LogP contribution in [0.5, 0.6) is 0 Å². The zero-order chi connectivity index (χ0) is 58.5. The Morgan fingerprint density at radius 3 is 0.691 bits per heavy atom. The molecule has 0 rings (SSSR count). The van der Waals surface area contributed by atoms with Crippen molar-refractivity contribution in [3.63, 3.8) is 0 Å². The highest BCUT2D eigenvalue weighted by Gasteiger charge is 2.19. The molecular formula is C75H140O6. The summed E-state index contributed by atoms with van der Waals surface area (Å²) in [5, 5.41) is 0. The van der Waals surface area contributed by atoms with Crippen LogP contribution in [0.15, 0.2) is 36.5 Å². The van der Waals surface area contributed by atoms with Crippen molar-refractivity contribution in [1.82, 2.24) is 0 Å². The zero-order valence-corrected chi connectivity index (χ0v) is 54.8. The monoisotopic (exact) mass is 1140 g/mol. The summed E-state index contributed by atoms with van der Waals surface area (Å²) in [6.07, 6.45) is 87.8. The summed E-state index contributed by atoms with van der Waals surface area (Å²) in [5.74, 6) is -0.845. The Hall–Kier alpha value is -2.37. The number of carbonyl (C=O) groups excluding carboxylic acids is 3. The van der Waals surface area contributed by atoms with Gasteiger partial charge in [0.2, 0.25) is 0 Å². The lowest BCUT2D eigenvalue weighted by molar-refractivity contribution is -0.167. The van der Waals surface area contributed by atoms with Crippen LogP contribution in [0, 0.1) is 0 Å². The number of allylic oxidation sites excluding steroid dienone is 6. The van der Waals surface area contributed by atoms with Crippen LogP contribution < -0.4 is 0 Å². The van der Waals surface area contributed by atoms with Crippen LogP contribution in [0.4, 0.5) is 0 Å². The molecule has 0 aliphatic carbocycles. The van der Waals surface area contributed by atoms with Crippen molar-refractivity contribution in [2.75, 3.05) is 13.2 Å². The van der Waals surface area contributed by atoms with Crippen molar-refractivity contribution in [1.29, 1.82) is 0 Å². The first-order chi connectivity index (χ1) is 40.0. The third kappa shape index (κ3) is 68.3. The van der Waals surface area contributed by atoms with Crippen molar-refractivity contribution in [2.45, 2.75) is 412 Å². The molecule has 0 spiro atoms. The van der Waals surface area contributed by atoms with Crippen LogP contribution in [-0.4, -0.2) is 37.2 Å². The fourth-order valence-corrected chi connectivity index (χ4v) is 11.1. The third-order valence-corrected chi connectivity index (χ3v) is 16.6. The van der Waals surface area contributed by atoms with Crippen LogP contribution in [0.3, 0.4) is 0 Å². The first-order valence-corrected chi connectivity index (χ1v) is 36.5. The lowest BCUT2D eigenvalue weighted by Gasteiger charge is -2.18. The first-order valence-electron chi connectivity index (χ1n) is 36.5. The highest BCUT2D eigenvalue weighted by molar-refractivity contribution is 5.71. The summed E-state index contributed by atoms with van der Waals surface area (Å²) in [6.45, 7) is 6.68. The molecule has 0 aromatic rings. The molecule has 0 aliphatic heterocycles. The molecule has 0 aromatic carbocycles. The highest BCUT2D eigenvalue weighted by atomic mass is 16.6. The molecule has 0 heterocycles. The second kappa shape index (κ2) is 70.1. The molecule has 0 aromatic heterocycles. The van der Waals surface area contributed by atoms with Crippen molar-refractivity contribution in [3.05, 3.63) is 36.5 Å². The van der Waals surface area contributed by atoms with E-state index in [-0.39, 0.29) is 31.1 Å². The van der Waals surface area contributed by atoms with Crippen LogP contribution in [0.1, 0.15) is 406 Å². The minimum atomic E-state index is -0.770. The molecule has 0 amide bonds. The van der Waals surface area contributed by atoms with Gasteiger partial charge in [0.15, 0.2) is 6.10 Å². The van der Waals surface area contributed by atoms with E-state index >= 15 is 0 Å². The molecule has 0 N–H and O–H groups in total. The lowest BCUT2D eigenvalue weighted by Crippen LogP contribution is -2.30. The number of carbonyl (C=O) groups is 3. The maximum absolute atomic E-state index is 12.9. The van der Waals surface area contributed by atoms with Gasteiger partial charge in [-0.25, -0.2) is 0 Å². The molecule has 0 aliphatic rings. The number of ether oxygens (including phenoxy) is 3. The second-order valence-electron chi connectivity index (χ2n) is 24.9. The Bertz CT molecular complexity index is 1350. The maximum Gasteiger partial charge on any atom is 0.306 e. The molecule has 0 radical (unpaired) electrons. The molecule has 476 valence electrons. The molecular weight excluding hydrogens is 997 g/mol. The average Bonchev–Trinajstić information content (AvgIpc) is 3.47.